The molecule has 0 bridgehead atoms. The molecule has 3 aromatic carbocycles. The number of carbonyl (C=O) groups is 2. The SMILES string of the molecule is N#CC(C(=O)Nc1ccc(Br)cc1)=C1SC(Cc2ccc(F)cc2)C(=O)N1c1ccc(F)cc1. The molecular weight excluding hydrogens is 524 g/mol. The summed E-state index contributed by atoms with van der Waals surface area (Å²) in [6, 6.07) is 19.7. The van der Waals surface area contributed by atoms with E-state index in [-0.39, 0.29) is 28.7 Å². The molecule has 0 aromatic heterocycles. The molecule has 1 aliphatic heterocycles. The third-order valence-corrected chi connectivity index (χ3v) is 6.82. The van der Waals surface area contributed by atoms with Gasteiger partial charge < -0.3 is 5.32 Å². The molecule has 4 rings (SSSR count). The predicted molar refractivity (Wildman–Crippen MR) is 131 cm³/mol. The van der Waals surface area contributed by atoms with E-state index in [0.29, 0.717) is 11.4 Å². The molecule has 2 amide bonds. The standard InChI is InChI=1S/C25H16BrF2N3O2S/c26-16-3-9-19(10-4-16)30-23(32)21(14-29)25-31(20-11-7-18(28)8-12-20)24(33)22(34-25)13-15-1-5-17(27)6-2-15/h1-12,22H,13H2,(H,30,32). The predicted octanol–water partition coefficient (Wildman–Crippen LogP) is 5.79. The molecule has 5 nitrogen and oxygen atoms in total. The van der Waals surface area contributed by atoms with Crippen LogP contribution in [0.2, 0.25) is 0 Å². The maximum absolute atomic E-state index is 13.5. The van der Waals surface area contributed by atoms with Crippen LogP contribution < -0.4 is 10.2 Å². The largest absolute Gasteiger partial charge is 0.321 e. The molecule has 1 N–H and O–H groups in total. The fourth-order valence-electron chi connectivity index (χ4n) is 3.37. The Morgan fingerprint density at radius 2 is 1.59 bits per heavy atom. The summed E-state index contributed by atoms with van der Waals surface area (Å²) >= 11 is 4.40. The molecule has 1 unspecified atom stereocenters. The van der Waals surface area contributed by atoms with E-state index in [2.05, 4.69) is 21.2 Å². The fraction of sp³-hybridized carbons (Fsp3) is 0.0800. The van der Waals surface area contributed by atoms with Crippen LogP contribution >= 0.6 is 27.7 Å². The fourth-order valence-corrected chi connectivity index (χ4v) is 4.95. The van der Waals surface area contributed by atoms with Crippen molar-refractivity contribution in [3.05, 3.63) is 105 Å². The molecule has 0 radical (unpaired) electrons. The smallest absolute Gasteiger partial charge is 0.269 e. The highest BCUT2D eigenvalue weighted by Gasteiger charge is 2.40. The van der Waals surface area contributed by atoms with E-state index in [1.165, 1.54) is 41.3 Å². The van der Waals surface area contributed by atoms with Gasteiger partial charge in [-0.05, 0) is 72.6 Å². The molecule has 3 aromatic rings. The maximum Gasteiger partial charge on any atom is 0.269 e. The third kappa shape index (κ3) is 5.19. The Bertz CT molecular complexity index is 1300. The van der Waals surface area contributed by atoms with Crippen molar-refractivity contribution in [3.63, 3.8) is 0 Å². The number of thioether (sulfide) groups is 1. The van der Waals surface area contributed by atoms with Crippen molar-refractivity contribution in [2.45, 2.75) is 11.7 Å². The first kappa shape index (κ1) is 23.7. The number of hydrogen-bond donors (Lipinski definition) is 1. The number of benzene rings is 3. The summed E-state index contributed by atoms with van der Waals surface area (Å²) < 4.78 is 27.6. The lowest BCUT2D eigenvalue weighted by atomic mass is 10.1. The van der Waals surface area contributed by atoms with Gasteiger partial charge in [-0.15, -0.1) is 0 Å². The molecule has 0 aliphatic carbocycles. The summed E-state index contributed by atoms with van der Waals surface area (Å²) in [5, 5.41) is 12.0. The van der Waals surface area contributed by atoms with Crippen molar-refractivity contribution in [1.82, 2.24) is 0 Å². The van der Waals surface area contributed by atoms with Gasteiger partial charge in [0.25, 0.3) is 5.91 Å². The highest BCUT2D eigenvalue weighted by molar-refractivity contribution is 9.10. The third-order valence-electron chi connectivity index (χ3n) is 5.03. The molecule has 34 heavy (non-hydrogen) atoms. The maximum atomic E-state index is 13.5. The first-order valence-corrected chi connectivity index (χ1v) is 11.7. The van der Waals surface area contributed by atoms with Gasteiger partial charge in [0.1, 0.15) is 28.3 Å². The topological polar surface area (TPSA) is 73.2 Å². The van der Waals surface area contributed by atoms with Crippen LogP contribution in [0, 0.1) is 23.0 Å². The van der Waals surface area contributed by atoms with Gasteiger partial charge in [-0.2, -0.15) is 5.26 Å². The van der Waals surface area contributed by atoms with Crippen LogP contribution in [0.1, 0.15) is 5.56 Å². The molecule has 1 heterocycles. The Labute approximate surface area is 207 Å². The molecule has 0 spiro atoms. The minimum absolute atomic E-state index is 0.154. The Kier molecular flexibility index (Phi) is 7.10. The van der Waals surface area contributed by atoms with Crippen LogP contribution in [-0.4, -0.2) is 17.1 Å². The summed E-state index contributed by atoms with van der Waals surface area (Å²) in [5.74, 6) is -1.90. The van der Waals surface area contributed by atoms with Crippen molar-refractivity contribution in [2.75, 3.05) is 10.2 Å². The molecule has 1 aliphatic rings. The summed E-state index contributed by atoms with van der Waals surface area (Å²) in [5.41, 5.74) is 1.30. The van der Waals surface area contributed by atoms with Crippen molar-refractivity contribution in [2.24, 2.45) is 0 Å². The monoisotopic (exact) mass is 539 g/mol. The Hall–Kier alpha value is -3.48. The number of nitriles is 1. The number of anilines is 2. The molecule has 170 valence electrons. The van der Waals surface area contributed by atoms with Gasteiger partial charge in [-0.1, -0.05) is 39.8 Å². The van der Waals surface area contributed by atoms with Gasteiger partial charge in [0.15, 0.2) is 0 Å². The van der Waals surface area contributed by atoms with Gasteiger partial charge in [0, 0.05) is 15.8 Å². The van der Waals surface area contributed by atoms with E-state index in [1.807, 2.05) is 6.07 Å². The second-order valence-corrected chi connectivity index (χ2v) is 9.45. The lowest BCUT2D eigenvalue weighted by Gasteiger charge is -2.18. The number of carbonyl (C=O) groups excluding carboxylic acids is 2. The normalized spacial score (nSPS) is 16.8. The molecule has 9 heteroatoms. The van der Waals surface area contributed by atoms with Crippen LogP contribution in [0.3, 0.4) is 0 Å². The van der Waals surface area contributed by atoms with Gasteiger partial charge in [-0.3, -0.25) is 14.5 Å². The van der Waals surface area contributed by atoms with Crippen molar-refractivity contribution in [3.8, 4) is 6.07 Å². The minimum Gasteiger partial charge on any atom is -0.321 e. The summed E-state index contributed by atoms with van der Waals surface area (Å²) in [6.07, 6.45) is 0.262. The molecule has 1 saturated heterocycles. The van der Waals surface area contributed by atoms with Crippen LogP contribution in [0.5, 0.6) is 0 Å². The minimum atomic E-state index is -0.672. The number of nitrogens with one attached hydrogen (secondary N) is 1. The van der Waals surface area contributed by atoms with E-state index in [0.717, 1.165) is 21.8 Å². The van der Waals surface area contributed by atoms with E-state index in [4.69, 9.17) is 0 Å². The highest BCUT2D eigenvalue weighted by Crippen LogP contribution is 2.42. The number of rotatable bonds is 5. The average molecular weight is 540 g/mol. The van der Waals surface area contributed by atoms with E-state index >= 15 is 0 Å². The first-order chi connectivity index (χ1) is 16.4. The highest BCUT2D eigenvalue weighted by atomic mass is 79.9. The van der Waals surface area contributed by atoms with Gasteiger partial charge in [0.05, 0.1) is 5.25 Å². The Morgan fingerprint density at radius 1 is 1.00 bits per heavy atom. The molecule has 1 atom stereocenters. The zero-order valence-electron chi connectivity index (χ0n) is 17.5. The molecule has 0 saturated carbocycles. The summed E-state index contributed by atoms with van der Waals surface area (Å²) in [4.78, 5) is 27.6. The Morgan fingerprint density at radius 3 is 2.18 bits per heavy atom. The van der Waals surface area contributed by atoms with E-state index < -0.39 is 17.0 Å². The van der Waals surface area contributed by atoms with Crippen LogP contribution in [0.15, 0.2) is 87.9 Å². The van der Waals surface area contributed by atoms with E-state index in [1.54, 1.807) is 36.4 Å². The number of hydrogen-bond acceptors (Lipinski definition) is 4. The second kappa shape index (κ2) is 10.2. The molecule has 1 fully saturated rings. The lowest BCUT2D eigenvalue weighted by Crippen LogP contribution is -2.30. The van der Waals surface area contributed by atoms with Gasteiger partial charge in [0.2, 0.25) is 5.91 Å². The van der Waals surface area contributed by atoms with Crippen molar-refractivity contribution < 1.29 is 18.4 Å². The van der Waals surface area contributed by atoms with Gasteiger partial charge in [-0.25, -0.2) is 8.78 Å². The second-order valence-electron chi connectivity index (χ2n) is 7.34. The quantitative estimate of drug-likeness (QED) is 0.329. The average Bonchev–Trinajstić information content (AvgIpc) is 3.13. The number of halogens is 3. The van der Waals surface area contributed by atoms with Gasteiger partial charge >= 0.3 is 0 Å². The molecular formula is C25H16BrF2N3O2S. The number of amides is 2. The van der Waals surface area contributed by atoms with Crippen LogP contribution in [-0.2, 0) is 16.0 Å². The first-order valence-electron chi connectivity index (χ1n) is 10.1. The van der Waals surface area contributed by atoms with Crippen LogP contribution in [0.4, 0.5) is 20.2 Å². The summed E-state index contributed by atoms with van der Waals surface area (Å²) in [7, 11) is 0. The van der Waals surface area contributed by atoms with E-state index in [9.17, 15) is 23.6 Å². The Balaban J connectivity index is 1.71. The summed E-state index contributed by atoms with van der Waals surface area (Å²) in [6.45, 7) is 0. The zero-order chi connectivity index (χ0) is 24.2. The van der Waals surface area contributed by atoms with Crippen molar-refractivity contribution >= 4 is 50.9 Å². The van der Waals surface area contributed by atoms with Crippen LogP contribution in [0.25, 0.3) is 0 Å². The number of nitrogens with zero attached hydrogens (tertiary/aromatic N) is 2. The van der Waals surface area contributed by atoms with Crippen molar-refractivity contribution in [1.29, 1.82) is 5.26 Å². The lowest BCUT2D eigenvalue weighted by molar-refractivity contribution is -0.117. The zero-order valence-corrected chi connectivity index (χ0v) is 19.9.